The summed E-state index contributed by atoms with van der Waals surface area (Å²) in [5.41, 5.74) is 0.744. The summed E-state index contributed by atoms with van der Waals surface area (Å²) in [6.07, 6.45) is 4.40. The van der Waals surface area contributed by atoms with E-state index in [-0.39, 0.29) is 29.4 Å². The smallest absolute Gasteiger partial charge is 0.123 e. The van der Waals surface area contributed by atoms with Crippen molar-refractivity contribution in [1.82, 2.24) is 4.90 Å². The molecule has 4 nitrogen and oxygen atoms in total. The molecule has 2 rings (SSSR count). The highest BCUT2D eigenvalue weighted by molar-refractivity contribution is 8.93. The number of hydrogen-bond donors (Lipinski definition) is 2. The minimum atomic E-state index is -1.35. The van der Waals surface area contributed by atoms with Crippen LogP contribution < -0.4 is 0 Å². The maximum absolute atomic E-state index is 13.4. The number of hydrogen-bond acceptors (Lipinski definition) is 4. The monoisotopic (exact) mass is 464 g/mol. The lowest BCUT2D eigenvalue weighted by atomic mass is 9.79. The third kappa shape index (κ3) is 6.90. The van der Waals surface area contributed by atoms with Gasteiger partial charge in [0.05, 0.1) is 18.2 Å². The Hall–Kier alpha value is -1.78. The highest BCUT2D eigenvalue weighted by Crippen LogP contribution is 2.37. The molecule has 0 radical (unpaired) electrons. The lowest BCUT2D eigenvalue weighted by molar-refractivity contribution is 0.0653. The van der Waals surface area contributed by atoms with Gasteiger partial charge in [-0.2, -0.15) is 5.26 Å². The Balaban J connectivity index is 0.00000420. The van der Waals surface area contributed by atoms with Crippen molar-refractivity contribution in [2.75, 3.05) is 20.6 Å². The van der Waals surface area contributed by atoms with E-state index in [1.807, 2.05) is 0 Å². The van der Waals surface area contributed by atoms with Gasteiger partial charge in [-0.3, -0.25) is 0 Å². The van der Waals surface area contributed by atoms with Crippen molar-refractivity contribution >= 4 is 17.0 Å². The molecular weight excluding hydrogens is 435 g/mol. The summed E-state index contributed by atoms with van der Waals surface area (Å²) in [6, 6.07) is 12.8. The molecule has 0 bridgehead atoms. The molecule has 0 saturated carbocycles. The average molecular weight is 465 g/mol. The van der Waals surface area contributed by atoms with Crippen LogP contribution in [0.2, 0.25) is 0 Å². The largest absolute Gasteiger partial charge is 0.392 e. The Bertz CT molecular complexity index is 806. The van der Waals surface area contributed by atoms with Crippen molar-refractivity contribution < 1.29 is 14.6 Å². The molecule has 6 heteroatoms. The minimum Gasteiger partial charge on any atom is -0.392 e. The summed E-state index contributed by atoms with van der Waals surface area (Å²) in [5, 5.41) is 30.6. The SMILES string of the molecule is Br.CN(C)CCCCCCC(O)(c1ccc(F)cc1)c1ccc(C#N)cc1CO. The normalized spacial score (nSPS) is 12.9. The molecule has 0 aliphatic heterocycles. The lowest BCUT2D eigenvalue weighted by Crippen LogP contribution is -2.29. The predicted molar refractivity (Wildman–Crippen MR) is 118 cm³/mol. The molecule has 1 atom stereocenters. The number of aliphatic hydroxyl groups is 2. The Kier molecular flexibility index (Phi) is 10.5. The summed E-state index contributed by atoms with van der Waals surface area (Å²) >= 11 is 0. The van der Waals surface area contributed by atoms with Crippen LogP contribution in [-0.2, 0) is 12.2 Å². The average Bonchev–Trinajstić information content (AvgIpc) is 2.70. The molecule has 0 aliphatic carbocycles. The van der Waals surface area contributed by atoms with Gasteiger partial charge in [-0.1, -0.05) is 31.0 Å². The summed E-state index contributed by atoms with van der Waals surface area (Å²) in [7, 11) is 4.10. The van der Waals surface area contributed by atoms with Gasteiger partial charge in [-0.05, 0) is 80.9 Å². The maximum atomic E-state index is 13.4. The van der Waals surface area contributed by atoms with E-state index >= 15 is 0 Å². The first-order valence-electron chi connectivity index (χ1n) is 9.68. The highest BCUT2D eigenvalue weighted by atomic mass is 79.9. The first-order chi connectivity index (χ1) is 13.4. The number of nitrogens with zero attached hydrogens (tertiary/aromatic N) is 2. The number of benzene rings is 2. The van der Waals surface area contributed by atoms with Crippen molar-refractivity contribution in [2.45, 2.75) is 44.3 Å². The number of rotatable bonds is 10. The lowest BCUT2D eigenvalue weighted by Gasteiger charge is -2.31. The molecule has 2 aromatic rings. The van der Waals surface area contributed by atoms with Crippen molar-refractivity contribution in [3.05, 3.63) is 70.5 Å². The molecule has 0 spiro atoms. The summed E-state index contributed by atoms with van der Waals surface area (Å²) in [5.74, 6) is -0.364. The Morgan fingerprint density at radius 3 is 2.28 bits per heavy atom. The Morgan fingerprint density at radius 1 is 1.03 bits per heavy atom. The molecule has 0 fully saturated rings. The number of unbranched alkanes of at least 4 members (excludes halogenated alkanes) is 3. The van der Waals surface area contributed by atoms with Gasteiger partial charge in [-0.25, -0.2) is 4.39 Å². The zero-order chi connectivity index (χ0) is 20.6. The van der Waals surface area contributed by atoms with Crippen molar-refractivity contribution in [3.63, 3.8) is 0 Å². The molecule has 0 aromatic heterocycles. The van der Waals surface area contributed by atoms with Crippen LogP contribution in [-0.4, -0.2) is 35.8 Å². The topological polar surface area (TPSA) is 67.5 Å². The van der Waals surface area contributed by atoms with Gasteiger partial charge >= 0.3 is 0 Å². The van der Waals surface area contributed by atoms with Gasteiger partial charge in [0.25, 0.3) is 0 Å². The molecule has 1 unspecified atom stereocenters. The van der Waals surface area contributed by atoms with Crippen LogP contribution >= 0.6 is 17.0 Å². The Morgan fingerprint density at radius 2 is 1.69 bits per heavy atom. The van der Waals surface area contributed by atoms with Gasteiger partial charge in [0, 0.05) is 0 Å². The van der Waals surface area contributed by atoms with Crippen LogP contribution in [0.5, 0.6) is 0 Å². The van der Waals surface area contributed by atoms with E-state index < -0.39 is 5.60 Å². The second-order valence-electron chi connectivity index (χ2n) is 7.48. The van der Waals surface area contributed by atoms with Gasteiger partial charge in [0.2, 0.25) is 0 Å². The number of nitriles is 1. The van der Waals surface area contributed by atoms with E-state index in [4.69, 9.17) is 5.26 Å². The van der Waals surface area contributed by atoms with Crippen LogP contribution in [0.1, 0.15) is 54.4 Å². The molecule has 29 heavy (non-hydrogen) atoms. The van der Waals surface area contributed by atoms with E-state index in [1.165, 1.54) is 12.1 Å². The molecule has 0 saturated heterocycles. The first-order valence-corrected chi connectivity index (χ1v) is 9.68. The van der Waals surface area contributed by atoms with Crippen LogP contribution in [0.25, 0.3) is 0 Å². The zero-order valence-corrected chi connectivity index (χ0v) is 18.8. The fraction of sp³-hybridized carbons (Fsp3) is 0.435. The van der Waals surface area contributed by atoms with Gasteiger partial charge in [0.1, 0.15) is 11.4 Å². The summed E-state index contributed by atoms with van der Waals surface area (Å²) < 4.78 is 13.4. The predicted octanol–water partition coefficient (Wildman–Crippen LogP) is 4.52. The summed E-state index contributed by atoms with van der Waals surface area (Å²) in [6.45, 7) is 0.754. The Labute approximate surface area is 183 Å². The molecular formula is C23H30BrFN2O2. The molecule has 2 N–H and O–H groups in total. The molecule has 2 aromatic carbocycles. The minimum absolute atomic E-state index is 0. The number of halogens is 2. The van der Waals surface area contributed by atoms with E-state index in [0.29, 0.717) is 28.7 Å². The second-order valence-corrected chi connectivity index (χ2v) is 7.48. The third-order valence-electron chi connectivity index (χ3n) is 5.07. The zero-order valence-electron chi connectivity index (χ0n) is 17.1. The van der Waals surface area contributed by atoms with Crippen molar-refractivity contribution in [2.24, 2.45) is 0 Å². The van der Waals surface area contributed by atoms with Crippen molar-refractivity contribution in [3.8, 4) is 6.07 Å². The number of aliphatic hydroxyl groups excluding tert-OH is 1. The maximum Gasteiger partial charge on any atom is 0.123 e. The van der Waals surface area contributed by atoms with Gasteiger partial charge in [0.15, 0.2) is 0 Å². The quantitative estimate of drug-likeness (QED) is 0.507. The highest BCUT2D eigenvalue weighted by Gasteiger charge is 2.33. The fourth-order valence-corrected chi connectivity index (χ4v) is 3.52. The van der Waals surface area contributed by atoms with Crippen LogP contribution in [0.4, 0.5) is 4.39 Å². The van der Waals surface area contributed by atoms with E-state index in [1.54, 1.807) is 30.3 Å². The molecule has 0 amide bonds. The molecule has 158 valence electrons. The van der Waals surface area contributed by atoms with E-state index in [9.17, 15) is 14.6 Å². The standard InChI is InChI=1S/C23H29FN2O2.BrH/c1-26(2)14-6-4-3-5-13-23(28,20-8-10-21(24)11-9-20)22-12-7-18(16-25)15-19(22)17-27;/h7-12,15,27-28H,3-6,13-14,17H2,1-2H3;1H. The van der Waals surface area contributed by atoms with Gasteiger partial charge < -0.3 is 15.1 Å². The van der Waals surface area contributed by atoms with Gasteiger partial charge in [-0.15, -0.1) is 17.0 Å². The molecule has 0 heterocycles. The molecule has 0 aliphatic rings. The fourth-order valence-electron chi connectivity index (χ4n) is 3.52. The third-order valence-corrected chi connectivity index (χ3v) is 5.07. The second kappa shape index (κ2) is 12.0. The van der Waals surface area contributed by atoms with Crippen LogP contribution in [0.15, 0.2) is 42.5 Å². The van der Waals surface area contributed by atoms with E-state index in [0.717, 1.165) is 32.2 Å². The van der Waals surface area contributed by atoms with Crippen LogP contribution in [0.3, 0.4) is 0 Å². The van der Waals surface area contributed by atoms with E-state index in [2.05, 4.69) is 25.1 Å². The first kappa shape index (κ1) is 25.3. The van der Waals surface area contributed by atoms with Crippen molar-refractivity contribution in [1.29, 1.82) is 5.26 Å². The summed E-state index contributed by atoms with van der Waals surface area (Å²) in [4.78, 5) is 2.15. The van der Waals surface area contributed by atoms with Crippen LogP contribution in [0, 0.1) is 17.1 Å².